The lowest BCUT2D eigenvalue weighted by molar-refractivity contribution is -0.131. The summed E-state index contributed by atoms with van der Waals surface area (Å²) in [5.74, 6) is 0.143. The monoisotopic (exact) mass is 576 g/mol. The number of hydrogen-bond acceptors (Lipinski definition) is 6. The maximum Gasteiger partial charge on any atom is 0.308 e. The molecule has 0 aliphatic rings. The van der Waals surface area contributed by atoms with Crippen molar-refractivity contribution in [2.24, 2.45) is 5.16 Å². The van der Waals surface area contributed by atoms with Crippen LogP contribution in [0, 0.1) is 0 Å². The van der Waals surface area contributed by atoms with Gasteiger partial charge in [0, 0.05) is 30.6 Å². The molecule has 0 aliphatic carbocycles. The molecule has 43 heavy (non-hydrogen) atoms. The number of esters is 1. The Labute approximate surface area is 254 Å². The molecule has 0 radical (unpaired) electrons. The molecule has 0 unspecified atom stereocenters. The normalized spacial score (nSPS) is 10.6. The molecule has 5 aromatic carbocycles. The van der Waals surface area contributed by atoms with E-state index >= 15 is 0 Å². The van der Waals surface area contributed by atoms with Gasteiger partial charge in [0.25, 0.3) is 0 Å². The van der Waals surface area contributed by atoms with Gasteiger partial charge in [-0.1, -0.05) is 85.7 Å². The number of rotatable bonds is 7. The Morgan fingerprint density at radius 2 is 1.26 bits per heavy atom. The molecule has 0 bridgehead atoms. The first-order valence-electron chi connectivity index (χ1n) is 14.5. The number of aliphatic hydroxyl groups is 1. The van der Waals surface area contributed by atoms with Crippen LogP contribution >= 0.6 is 0 Å². The summed E-state index contributed by atoms with van der Waals surface area (Å²) >= 11 is 0. The van der Waals surface area contributed by atoms with Crippen molar-refractivity contribution in [2.45, 2.75) is 41.0 Å². The predicted octanol–water partition coefficient (Wildman–Crippen LogP) is 9.05. The largest absolute Gasteiger partial charge is 0.427 e. The molecule has 0 amide bonds. The number of ether oxygens (including phenoxy) is 1. The Morgan fingerprint density at radius 3 is 1.81 bits per heavy atom. The average Bonchev–Trinajstić information content (AvgIpc) is 3.04. The third-order valence-electron chi connectivity index (χ3n) is 6.52. The lowest BCUT2D eigenvalue weighted by atomic mass is 9.98. The van der Waals surface area contributed by atoms with Gasteiger partial charge in [-0.15, -0.1) is 0 Å². The summed E-state index contributed by atoms with van der Waals surface area (Å²) in [7, 11) is 0. The molecule has 6 heteroatoms. The number of aliphatic hydroxyl groups excluding tert-OH is 1. The van der Waals surface area contributed by atoms with Crippen molar-refractivity contribution in [3.05, 3.63) is 132 Å². The highest BCUT2D eigenvalue weighted by Gasteiger charge is 2.14. The molecule has 2 N–H and O–H groups in total. The second-order valence-electron chi connectivity index (χ2n) is 9.45. The SMILES string of the molecule is CC.CC(=O)Oc1ccc(N(c2ccc(Cc3cccc4ccccc34)cc2)c2ccc(C(C)=NO)cc2)cc1.CCO. The fourth-order valence-corrected chi connectivity index (χ4v) is 4.62. The zero-order chi connectivity index (χ0) is 31.2. The van der Waals surface area contributed by atoms with E-state index in [4.69, 9.17) is 15.1 Å². The molecule has 0 heterocycles. The van der Waals surface area contributed by atoms with E-state index in [0.29, 0.717) is 11.5 Å². The van der Waals surface area contributed by atoms with Crippen LogP contribution in [0.2, 0.25) is 0 Å². The fourth-order valence-electron chi connectivity index (χ4n) is 4.62. The van der Waals surface area contributed by atoms with Crippen LogP contribution in [0.3, 0.4) is 0 Å². The van der Waals surface area contributed by atoms with Crippen molar-refractivity contribution >= 4 is 39.5 Å². The molecule has 222 valence electrons. The number of carbonyl (C=O) groups is 1. The molecule has 0 atom stereocenters. The van der Waals surface area contributed by atoms with Crippen molar-refractivity contribution in [3.63, 3.8) is 0 Å². The van der Waals surface area contributed by atoms with Crippen LogP contribution in [0.4, 0.5) is 17.1 Å². The first kappa shape index (κ1) is 32.6. The Bertz CT molecular complexity index is 1600. The molecule has 0 aromatic heterocycles. The standard InChI is InChI=1S/C33H28N2O3.C2H6O.C2H6/c1-23(34-37)26-12-16-30(17-13-26)35(31-18-20-32(21-19-31)38-24(2)36)29-14-10-25(11-15-29)22-28-8-5-7-27-6-3-4-9-33(27)28;1-2-3;1-2/h3-21,37H,22H2,1-2H3;3H,2H2,1H3;1-2H3. The van der Waals surface area contributed by atoms with Gasteiger partial charge in [0.1, 0.15) is 5.75 Å². The lowest BCUT2D eigenvalue weighted by Crippen LogP contribution is -2.10. The van der Waals surface area contributed by atoms with E-state index in [1.54, 1.807) is 26.0 Å². The summed E-state index contributed by atoms with van der Waals surface area (Å²) in [6.07, 6.45) is 0.840. The van der Waals surface area contributed by atoms with Crippen LogP contribution in [0.5, 0.6) is 5.75 Å². The van der Waals surface area contributed by atoms with E-state index in [1.807, 2.05) is 50.2 Å². The lowest BCUT2D eigenvalue weighted by Gasteiger charge is -2.26. The summed E-state index contributed by atoms with van der Waals surface area (Å²) in [5.41, 5.74) is 6.76. The van der Waals surface area contributed by atoms with Gasteiger partial charge >= 0.3 is 5.97 Å². The second kappa shape index (κ2) is 16.5. The van der Waals surface area contributed by atoms with Crippen molar-refractivity contribution in [2.75, 3.05) is 11.5 Å². The van der Waals surface area contributed by atoms with Crippen LogP contribution in [-0.4, -0.2) is 28.6 Å². The topological polar surface area (TPSA) is 82.4 Å². The predicted molar refractivity (Wildman–Crippen MR) is 177 cm³/mol. The van der Waals surface area contributed by atoms with Gasteiger partial charge < -0.3 is 20.0 Å². The van der Waals surface area contributed by atoms with Crippen LogP contribution in [0.25, 0.3) is 10.8 Å². The van der Waals surface area contributed by atoms with Crippen LogP contribution < -0.4 is 9.64 Å². The van der Waals surface area contributed by atoms with Crippen molar-refractivity contribution in [1.29, 1.82) is 0 Å². The van der Waals surface area contributed by atoms with E-state index in [2.05, 4.69) is 76.8 Å². The van der Waals surface area contributed by atoms with Crippen LogP contribution in [0.15, 0.2) is 120 Å². The molecule has 0 saturated carbocycles. The third kappa shape index (κ3) is 8.77. The fraction of sp³-hybridized carbons (Fsp3) is 0.189. The first-order valence-corrected chi connectivity index (χ1v) is 14.5. The summed E-state index contributed by atoms with van der Waals surface area (Å²) in [6, 6.07) is 38.8. The zero-order valence-corrected chi connectivity index (χ0v) is 25.5. The number of anilines is 3. The van der Waals surface area contributed by atoms with Gasteiger partial charge in [0.05, 0.1) is 5.71 Å². The number of benzene rings is 5. The van der Waals surface area contributed by atoms with Crippen LogP contribution in [-0.2, 0) is 11.2 Å². The van der Waals surface area contributed by atoms with Gasteiger partial charge in [-0.25, -0.2) is 0 Å². The summed E-state index contributed by atoms with van der Waals surface area (Å²) in [6.45, 7) is 9.08. The number of carbonyl (C=O) groups excluding carboxylic acids is 1. The van der Waals surface area contributed by atoms with Gasteiger partial charge in [0.2, 0.25) is 0 Å². The summed E-state index contributed by atoms with van der Waals surface area (Å²) in [5, 5.41) is 22.5. The van der Waals surface area contributed by atoms with E-state index in [1.165, 1.54) is 28.8 Å². The highest BCUT2D eigenvalue weighted by atomic mass is 16.5. The average molecular weight is 577 g/mol. The maximum atomic E-state index is 11.4. The molecule has 0 aliphatic heterocycles. The van der Waals surface area contributed by atoms with Gasteiger partial charge in [-0.05, 0) is 96.3 Å². The quantitative estimate of drug-likeness (QED) is 0.0664. The minimum Gasteiger partial charge on any atom is -0.427 e. The smallest absolute Gasteiger partial charge is 0.308 e. The minimum atomic E-state index is -0.354. The number of fused-ring (bicyclic) bond motifs is 1. The van der Waals surface area contributed by atoms with E-state index in [9.17, 15) is 4.79 Å². The molecule has 5 rings (SSSR count). The van der Waals surface area contributed by atoms with Crippen LogP contribution in [0.1, 0.15) is 51.3 Å². The Morgan fingerprint density at radius 1 is 0.744 bits per heavy atom. The van der Waals surface area contributed by atoms with E-state index in [0.717, 1.165) is 29.0 Å². The van der Waals surface area contributed by atoms with E-state index < -0.39 is 0 Å². The highest BCUT2D eigenvalue weighted by Crippen LogP contribution is 2.36. The van der Waals surface area contributed by atoms with Crippen molar-refractivity contribution < 1.29 is 19.8 Å². The zero-order valence-electron chi connectivity index (χ0n) is 25.5. The van der Waals surface area contributed by atoms with Crippen molar-refractivity contribution in [1.82, 2.24) is 0 Å². The summed E-state index contributed by atoms with van der Waals surface area (Å²) in [4.78, 5) is 13.5. The Hall–Kier alpha value is -4.94. The van der Waals surface area contributed by atoms with E-state index in [-0.39, 0.29) is 12.6 Å². The molecular weight excluding hydrogens is 536 g/mol. The molecule has 0 spiro atoms. The van der Waals surface area contributed by atoms with Gasteiger partial charge in [0.15, 0.2) is 0 Å². The first-order chi connectivity index (χ1) is 20.9. The second-order valence-corrected chi connectivity index (χ2v) is 9.45. The molecule has 0 saturated heterocycles. The Kier molecular flexibility index (Phi) is 12.5. The minimum absolute atomic E-state index is 0.250. The molecule has 0 fully saturated rings. The van der Waals surface area contributed by atoms with Gasteiger partial charge in [-0.2, -0.15) is 0 Å². The number of nitrogens with zero attached hydrogens (tertiary/aromatic N) is 2. The third-order valence-corrected chi connectivity index (χ3v) is 6.52. The molecular formula is C37H40N2O4. The number of oxime groups is 1. The molecule has 5 aromatic rings. The van der Waals surface area contributed by atoms with Crippen molar-refractivity contribution in [3.8, 4) is 5.75 Å². The Balaban J connectivity index is 0.000000953. The number of hydrogen-bond donors (Lipinski definition) is 2. The summed E-state index contributed by atoms with van der Waals surface area (Å²) < 4.78 is 5.22. The molecule has 6 nitrogen and oxygen atoms in total. The maximum absolute atomic E-state index is 11.4. The van der Waals surface area contributed by atoms with Gasteiger partial charge in [-0.3, -0.25) is 4.79 Å². The highest BCUT2D eigenvalue weighted by molar-refractivity contribution is 5.98.